The molecule has 0 amide bonds. The maximum Gasteiger partial charge on any atom is 0.247 e. The van der Waals surface area contributed by atoms with E-state index in [2.05, 4.69) is 43.6 Å². The van der Waals surface area contributed by atoms with Gasteiger partial charge < -0.3 is 9.73 Å². The van der Waals surface area contributed by atoms with Gasteiger partial charge in [0.1, 0.15) is 0 Å². The molecule has 0 atom stereocenters. The second kappa shape index (κ2) is 5.88. The molecule has 0 aliphatic heterocycles. The molecular formula is C15H12BrN3O. The second-order valence-electron chi connectivity index (χ2n) is 4.30. The molecule has 0 spiro atoms. The summed E-state index contributed by atoms with van der Waals surface area (Å²) in [6.07, 6.45) is 1.33. The van der Waals surface area contributed by atoms with Gasteiger partial charge in [0, 0.05) is 22.3 Å². The van der Waals surface area contributed by atoms with Crippen molar-refractivity contribution in [2.75, 3.05) is 5.32 Å². The van der Waals surface area contributed by atoms with Crippen molar-refractivity contribution >= 4 is 21.6 Å². The maximum absolute atomic E-state index is 5.20. The Kier molecular flexibility index (Phi) is 3.78. The first-order valence-corrected chi connectivity index (χ1v) is 6.95. The van der Waals surface area contributed by atoms with Gasteiger partial charge in [0.05, 0.1) is 0 Å². The Hall–Kier alpha value is -2.14. The average Bonchev–Trinajstić information content (AvgIpc) is 3.01. The number of anilines is 1. The highest BCUT2D eigenvalue weighted by Gasteiger charge is 2.03. The summed E-state index contributed by atoms with van der Waals surface area (Å²) in [5, 5.41) is 11.0. The van der Waals surface area contributed by atoms with Crippen LogP contribution in [0.25, 0.3) is 11.5 Å². The van der Waals surface area contributed by atoms with E-state index in [1.807, 2.05) is 36.4 Å². The minimum Gasteiger partial charge on any atom is -0.423 e. The van der Waals surface area contributed by atoms with Crippen molar-refractivity contribution in [3.05, 3.63) is 65.0 Å². The van der Waals surface area contributed by atoms with Crippen molar-refractivity contribution < 1.29 is 4.42 Å². The Morgan fingerprint density at radius 1 is 1.10 bits per heavy atom. The lowest BCUT2D eigenvalue weighted by molar-refractivity contribution is 0.568. The largest absolute Gasteiger partial charge is 0.423 e. The predicted molar refractivity (Wildman–Crippen MR) is 81.2 cm³/mol. The Morgan fingerprint density at radius 2 is 1.95 bits per heavy atom. The molecule has 1 heterocycles. The van der Waals surface area contributed by atoms with Gasteiger partial charge in [-0.1, -0.05) is 34.1 Å². The van der Waals surface area contributed by atoms with Crippen molar-refractivity contribution in [1.82, 2.24) is 10.2 Å². The zero-order valence-corrected chi connectivity index (χ0v) is 12.2. The van der Waals surface area contributed by atoms with Gasteiger partial charge in [-0.2, -0.15) is 0 Å². The number of halogens is 1. The number of hydrogen-bond donors (Lipinski definition) is 1. The van der Waals surface area contributed by atoms with Gasteiger partial charge in [-0.3, -0.25) is 0 Å². The third kappa shape index (κ3) is 3.05. The van der Waals surface area contributed by atoms with Crippen molar-refractivity contribution in [3.63, 3.8) is 0 Å². The van der Waals surface area contributed by atoms with Crippen molar-refractivity contribution in [1.29, 1.82) is 0 Å². The monoisotopic (exact) mass is 329 g/mol. The first kappa shape index (κ1) is 12.9. The van der Waals surface area contributed by atoms with Crippen molar-refractivity contribution in [2.24, 2.45) is 0 Å². The standard InChI is InChI=1S/C15H12BrN3O/c16-13-6-4-11(5-7-13)9-17-14-3-1-2-12(8-14)15-19-18-10-20-15/h1-8,10,17H,9H2. The highest BCUT2D eigenvalue weighted by atomic mass is 79.9. The van der Waals surface area contributed by atoms with E-state index in [0.29, 0.717) is 5.89 Å². The number of nitrogens with zero attached hydrogens (tertiary/aromatic N) is 2. The quantitative estimate of drug-likeness (QED) is 0.782. The normalized spacial score (nSPS) is 10.4. The molecule has 20 heavy (non-hydrogen) atoms. The van der Waals surface area contributed by atoms with Gasteiger partial charge in [-0.05, 0) is 35.9 Å². The van der Waals surface area contributed by atoms with Crippen LogP contribution in [0.1, 0.15) is 5.56 Å². The van der Waals surface area contributed by atoms with Gasteiger partial charge in [-0.25, -0.2) is 0 Å². The molecule has 1 aromatic heterocycles. The topological polar surface area (TPSA) is 51.0 Å². The number of nitrogens with one attached hydrogen (secondary N) is 1. The third-order valence-electron chi connectivity index (χ3n) is 2.88. The van der Waals surface area contributed by atoms with E-state index >= 15 is 0 Å². The molecule has 0 aliphatic carbocycles. The number of aromatic nitrogens is 2. The minimum atomic E-state index is 0.525. The molecule has 100 valence electrons. The molecule has 3 rings (SSSR count). The molecule has 3 aromatic rings. The van der Waals surface area contributed by atoms with Crippen LogP contribution < -0.4 is 5.32 Å². The summed E-state index contributed by atoms with van der Waals surface area (Å²) in [4.78, 5) is 0. The summed E-state index contributed by atoms with van der Waals surface area (Å²) in [5.41, 5.74) is 3.14. The van der Waals surface area contributed by atoms with Crippen LogP contribution in [0.3, 0.4) is 0 Å². The molecule has 1 N–H and O–H groups in total. The van der Waals surface area contributed by atoms with Crippen LogP contribution in [0.5, 0.6) is 0 Å². The Labute approximate surface area is 125 Å². The fourth-order valence-corrected chi connectivity index (χ4v) is 2.13. The van der Waals surface area contributed by atoms with Crippen LogP contribution >= 0.6 is 15.9 Å². The maximum atomic E-state index is 5.20. The van der Waals surface area contributed by atoms with E-state index in [1.165, 1.54) is 12.0 Å². The molecular weight excluding hydrogens is 318 g/mol. The zero-order valence-electron chi connectivity index (χ0n) is 10.6. The molecule has 0 unspecified atom stereocenters. The number of hydrogen-bond acceptors (Lipinski definition) is 4. The van der Waals surface area contributed by atoms with E-state index in [-0.39, 0.29) is 0 Å². The van der Waals surface area contributed by atoms with Gasteiger partial charge in [0.25, 0.3) is 0 Å². The highest BCUT2D eigenvalue weighted by Crippen LogP contribution is 2.21. The SMILES string of the molecule is Brc1ccc(CNc2cccc(-c3nnco3)c2)cc1. The number of rotatable bonds is 4. The number of benzene rings is 2. The first-order chi connectivity index (χ1) is 9.81. The Bertz CT molecular complexity index is 681. The van der Waals surface area contributed by atoms with Crippen LogP contribution in [0.2, 0.25) is 0 Å². The molecule has 0 fully saturated rings. The fraction of sp³-hybridized carbons (Fsp3) is 0.0667. The molecule has 5 heteroatoms. The molecule has 4 nitrogen and oxygen atoms in total. The molecule has 2 aromatic carbocycles. The molecule has 0 saturated carbocycles. The lowest BCUT2D eigenvalue weighted by Gasteiger charge is -2.07. The van der Waals surface area contributed by atoms with Crippen LogP contribution in [-0.4, -0.2) is 10.2 Å². The van der Waals surface area contributed by atoms with Crippen LogP contribution in [0.15, 0.2) is 63.8 Å². The van der Waals surface area contributed by atoms with E-state index in [4.69, 9.17) is 4.42 Å². The van der Waals surface area contributed by atoms with Crippen LogP contribution in [0.4, 0.5) is 5.69 Å². The summed E-state index contributed by atoms with van der Waals surface area (Å²) in [6, 6.07) is 16.1. The molecule has 0 saturated heterocycles. The van der Waals surface area contributed by atoms with E-state index in [1.54, 1.807) is 0 Å². The lowest BCUT2D eigenvalue weighted by atomic mass is 10.2. The Balaban J connectivity index is 1.72. The van der Waals surface area contributed by atoms with E-state index < -0.39 is 0 Å². The molecule has 0 aliphatic rings. The minimum absolute atomic E-state index is 0.525. The average molecular weight is 330 g/mol. The molecule has 0 radical (unpaired) electrons. The summed E-state index contributed by atoms with van der Waals surface area (Å²) in [6.45, 7) is 0.764. The summed E-state index contributed by atoms with van der Waals surface area (Å²) in [7, 11) is 0. The van der Waals surface area contributed by atoms with Crippen LogP contribution in [-0.2, 0) is 6.54 Å². The smallest absolute Gasteiger partial charge is 0.247 e. The van der Waals surface area contributed by atoms with Gasteiger partial charge in [0.2, 0.25) is 12.3 Å². The van der Waals surface area contributed by atoms with Crippen molar-refractivity contribution in [2.45, 2.75) is 6.54 Å². The summed E-state index contributed by atoms with van der Waals surface area (Å²) >= 11 is 3.43. The van der Waals surface area contributed by atoms with Gasteiger partial charge in [-0.15, -0.1) is 10.2 Å². The highest BCUT2D eigenvalue weighted by molar-refractivity contribution is 9.10. The zero-order chi connectivity index (χ0) is 13.8. The Morgan fingerprint density at radius 3 is 2.70 bits per heavy atom. The third-order valence-corrected chi connectivity index (χ3v) is 3.41. The van der Waals surface area contributed by atoms with Crippen LogP contribution in [0, 0.1) is 0 Å². The summed E-state index contributed by atoms with van der Waals surface area (Å²) < 4.78 is 6.28. The predicted octanol–water partition coefficient (Wildman–Crippen LogP) is 4.11. The first-order valence-electron chi connectivity index (χ1n) is 6.16. The molecule has 0 bridgehead atoms. The second-order valence-corrected chi connectivity index (χ2v) is 5.22. The van der Waals surface area contributed by atoms with Crippen molar-refractivity contribution in [3.8, 4) is 11.5 Å². The van der Waals surface area contributed by atoms with E-state index in [9.17, 15) is 0 Å². The fourth-order valence-electron chi connectivity index (χ4n) is 1.87. The van der Waals surface area contributed by atoms with E-state index in [0.717, 1.165) is 22.3 Å². The lowest BCUT2D eigenvalue weighted by Crippen LogP contribution is -1.99. The van der Waals surface area contributed by atoms with Gasteiger partial charge in [0.15, 0.2) is 0 Å². The van der Waals surface area contributed by atoms with Gasteiger partial charge >= 0.3 is 0 Å². The summed E-state index contributed by atoms with van der Waals surface area (Å²) in [5.74, 6) is 0.525.